The number of carbonyl (C=O) groups excluding carboxylic acids is 1. The monoisotopic (exact) mass is 224 g/mol. The van der Waals surface area contributed by atoms with Gasteiger partial charge in [0, 0.05) is 26.2 Å². The van der Waals surface area contributed by atoms with Gasteiger partial charge in [0.15, 0.2) is 5.84 Å². The molecule has 1 fully saturated rings. The fraction of sp³-hybridized carbons (Fsp3) is 0.700. The van der Waals surface area contributed by atoms with E-state index in [4.69, 9.17) is 16.7 Å². The van der Waals surface area contributed by atoms with Crippen molar-refractivity contribution in [3.63, 3.8) is 0 Å². The summed E-state index contributed by atoms with van der Waals surface area (Å²) in [4.78, 5) is 18.0. The molecule has 1 aliphatic heterocycles. The SMILES string of the molecule is [C-]#[N+]CC(=N)N1CCN(C(=O)OCC)CC1. The van der Waals surface area contributed by atoms with Gasteiger partial charge in [-0.1, -0.05) is 0 Å². The Kier molecular flexibility index (Phi) is 4.58. The molecular formula is C10H16N4O2. The highest BCUT2D eigenvalue weighted by molar-refractivity contribution is 5.82. The number of piperazine rings is 1. The molecule has 16 heavy (non-hydrogen) atoms. The summed E-state index contributed by atoms with van der Waals surface area (Å²) in [5, 5.41) is 7.61. The van der Waals surface area contributed by atoms with Crippen molar-refractivity contribution in [2.75, 3.05) is 39.3 Å². The molecule has 0 radical (unpaired) electrons. The number of ether oxygens (including phenoxy) is 1. The lowest BCUT2D eigenvalue weighted by molar-refractivity contribution is 0.0918. The number of amides is 1. The Labute approximate surface area is 95.1 Å². The van der Waals surface area contributed by atoms with Crippen molar-refractivity contribution >= 4 is 11.9 Å². The molecule has 88 valence electrons. The number of hydrogen-bond acceptors (Lipinski definition) is 3. The molecule has 0 unspecified atom stereocenters. The first-order valence-electron chi connectivity index (χ1n) is 5.26. The molecule has 0 bridgehead atoms. The van der Waals surface area contributed by atoms with Crippen LogP contribution in [0.15, 0.2) is 0 Å². The lowest BCUT2D eigenvalue weighted by Crippen LogP contribution is -2.51. The zero-order chi connectivity index (χ0) is 12.0. The number of amidine groups is 1. The molecule has 6 nitrogen and oxygen atoms in total. The molecule has 0 aliphatic carbocycles. The third kappa shape index (κ3) is 3.12. The number of carbonyl (C=O) groups is 1. The Morgan fingerprint density at radius 1 is 1.38 bits per heavy atom. The number of rotatable bonds is 2. The molecule has 6 heteroatoms. The summed E-state index contributed by atoms with van der Waals surface area (Å²) in [5.41, 5.74) is 0. The van der Waals surface area contributed by atoms with E-state index in [1.54, 1.807) is 11.8 Å². The fourth-order valence-electron chi connectivity index (χ4n) is 1.55. The molecule has 1 saturated heterocycles. The van der Waals surface area contributed by atoms with Crippen molar-refractivity contribution in [3.8, 4) is 0 Å². The molecule has 0 saturated carbocycles. The molecule has 1 aliphatic rings. The predicted octanol–water partition coefficient (Wildman–Crippen LogP) is 0.657. The third-order valence-corrected chi connectivity index (χ3v) is 2.42. The van der Waals surface area contributed by atoms with Crippen molar-refractivity contribution in [1.29, 1.82) is 5.41 Å². The average molecular weight is 224 g/mol. The largest absolute Gasteiger partial charge is 0.450 e. The highest BCUT2D eigenvalue weighted by Gasteiger charge is 2.23. The lowest BCUT2D eigenvalue weighted by atomic mass is 10.3. The van der Waals surface area contributed by atoms with Gasteiger partial charge < -0.3 is 19.4 Å². The second kappa shape index (κ2) is 5.95. The van der Waals surface area contributed by atoms with Gasteiger partial charge in [0.05, 0.1) is 6.61 Å². The van der Waals surface area contributed by atoms with E-state index >= 15 is 0 Å². The smallest absolute Gasteiger partial charge is 0.409 e. The maximum absolute atomic E-state index is 11.4. The summed E-state index contributed by atoms with van der Waals surface area (Å²) in [5.74, 6) is 0.332. The zero-order valence-electron chi connectivity index (χ0n) is 9.40. The summed E-state index contributed by atoms with van der Waals surface area (Å²) in [6.07, 6.45) is -0.293. The van der Waals surface area contributed by atoms with Crippen molar-refractivity contribution in [2.24, 2.45) is 0 Å². The molecule has 0 aromatic heterocycles. The average Bonchev–Trinajstić information content (AvgIpc) is 2.30. The summed E-state index contributed by atoms with van der Waals surface area (Å²) in [6.45, 7) is 11.3. The normalized spacial score (nSPS) is 15.5. The van der Waals surface area contributed by atoms with Crippen LogP contribution < -0.4 is 0 Å². The molecule has 0 aromatic carbocycles. The summed E-state index contributed by atoms with van der Waals surface area (Å²) >= 11 is 0. The molecule has 1 amide bonds. The number of hydrogen-bond donors (Lipinski definition) is 1. The van der Waals surface area contributed by atoms with Crippen LogP contribution in [0.3, 0.4) is 0 Å². The van der Waals surface area contributed by atoms with E-state index in [1.165, 1.54) is 0 Å². The van der Waals surface area contributed by atoms with Crippen molar-refractivity contribution in [1.82, 2.24) is 9.80 Å². The molecule has 0 aromatic rings. The lowest BCUT2D eigenvalue weighted by Gasteiger charge is -2.34. The fourth-order valence-corrected chi connectivity index (χ4v) is 1.55. The summed E-state index contributed by atoms with van der Waals surface area (Å²) in [7, 11) is 0. The third-order valence-electron chi connectivity index (χ3n) is 2.42. The van der Waals surface area contributed by atoms with Gasteiger partial charge in [-0.2, -0.15) is 0 Å². The first kappa shape index (κ1) is 12.3. The standard InChI is InChI=1S/C10H16N4O2/c1-3-16-10(15)14-6-4-13(5-7-14)9(11)8-12-2/h11H,3-8H2,1H3. The van der Waals surface area contributed by atoms with E-state index in [-0.39, 0.29) is 12.6 Å². The van der Waals surface area contributed by atoms with Crippen LogP contribution in [-0.4, -0.2) is 61.1 Å². The van der Waals surface area contributed by atoms with E-state index in [9.17, 15) is 4.79 Å². The van der Waals surface area contributed by atoms with Gasteiger partial charge in [0.2, 0.25) is 0 Å². The molecular weight excluding hydrogens is 208 g/mol. The van der Waals surface area contributed by atoms with Gasteiger partial charge in [-0.05, 0) is 6.92 Å². The molecule has 0 spiro atoms. The van der Waals surface area contributed by atoms with Gasteiger partial charge >= 0.3 is 6.09 Å². The van der Waals surface area contributed by atoms with E-state index in [0.717, 1.165) is 0 Å². The maximum Gasteiger partial charge on any atom is 0.409 e. The first-order chi connectivity index (χ1) is 7.69. The van der Waals surface area contributed by atoms with Gasteiger partial charge in [-0.3, -0.25) is 5.41 Å². The summed E-state index contributed by atoms with van der Waals surface area (Å²) in [6, 6.07) is 0. The van der Waals surface area contributed by atoms with Gasteiger partial charge in [-0.15, -0.1) is 0 Å². The number of nitrogens with one attached hydrogen (secondary N) is 1. The van der Waals surface area contributed by atoms with Gasteiger partial charge in [0.25, 0.3) is 6.54 Å². The van der Waals surface area contributed by atoms with Crippen LogP contribution in [0.1, 0.15) is 6.92 Å². The van der Waals surface area contributed by atoms with Crippen LogP contribution in [0.2, 0.25) is 0 Å². The Morgan fingerprint density at radius 2 is 1.94 bits per heavy atom. The van der Waals surface area contributed by atoms with Crippen LogP contribution in [0.5, 0.6) is 0 Å². The van der Waals surface area contributed by atoms with Crippen LogP contribution in [-0.2, 0) is 4.74 Å². The minimum absolute atomic E-state index is 0.111. The van der Waals surface area contributed by atoms with E-state index in [0.29, 0.717) is 38.6 Å². The van der Waals surface area contributed by atoms with Gasteiger partial charge in [-0.25, -0.2) is 11.4 Å². The molecule has 1 N–H and O–H groups in total. The first-order valence-corrected chi connectivity index (χ1v) is 5.26. The second-order valence-electron chi connectivity index (χ2n) is 3.44. The molecule has 1 heterocycles. The minimum atomic E-state index is -0.293. The maximum atomic E-state index is 11.4. The van der Waals surface area contributed by atoms with Crippen LogP contribution in [0.25, 0.3) is 4.85 Å². The van der Waals surface area contributed by atoms with Crippen molar-refractivity contribution in [2.45, 2.75) is 6.92 Å². The highest BCUT2D eigenvalue weighted by atomic mass is 16.6. The van der Waals surface area contributed by atoms with Crippen LogP contribution >= 0.6 is 0 Å². The Balaban J connectivity index is 2.37. The predicted molar refractivity (Wildman–Crippen MR) is 59.4 cm³/mol. The van der Waals surface area contributed by atoms with Crippen LogP contribution in [0, 0.1) is 12.0 Å². The highest BCUT2D eigenvalue weighted by Crippen LogP contribution is 2.04. The summed E-state index contributed by atoms with van der Waals surface area (Å²) < 4.78 is 4.89. The molecule has 1 rings (SSSR count). The van der Waals surface area contributed by atoms with E-state index in [2.05, 4.69) is 4.85 Å². The van der Waals surface area contributed by atoms with Crippen LogP contribution in [0.4, 0.5) is 4.79 Å². The molecule has 0 atom stereocenters. The van der Waals surface area contributed by atoms with Crippen molar-refractivity contribution in [3.05, 3.63) is 11.4 Å². The minimum Gasteiger partial charge on any atom is -0.450 e. The number of nitrogens with zero attached hydrogens (tertiary/aromatic N) is 3. The second-order valence-corrected chi connectivity index (χ2v) is 3.44. The Morgan fingerprint density at radius 3 is 2.44 bits per heavy atom. The van der Waals surface area contributed by atoms with E-state index < -0.39 is 0 Å². The zero-order valence-corrected chi connectivity index (χ0v) is 9.40. The Hall–Kier alpha value is -1.77. The topological polar surface area (TPSA) is 61.0 Å². The quantitative estimate of drug-likeness (QED) is 0.426. The van der Waals surface area contributed by atoms with Gasteiger partial charge in [0.1, 0.15) is 0 Å². The van der Waals surface area contributed by atoms with E-state index in [1.807, 2.05) is 4.90 Å². The van der Waals surface area contributed by atoms with Crippen molar-refractivity contribution < 1.29 is 9.53 Å². The Bertz CT molecular complexity index is 302.